The molecule has 0 aliphatic heterocycles. The van der Waals surface area contributed by atoms with Gasteiger partial charge < -0.3 is 15.4 Å². The Morgan fingerprint density at radius 1 is 1.31 bits per heavy atom. The van der Waals surface area contributed by atoms with Gasteiger partial charge in [-0.2, -0.15) is 0 Å². The first-order chi connectivity index (χ1) is 7.77. The Morgan fingerprint density at radius 3 is 2.81 bits per heavy atom. The largest absolute Gasteiger partial charge is 0.496 e. The maximum atomic E-state index is 5.32. The van der Waals surface area contributed by atoms with Gasteiger partial charge in [-0.25, -0.2) is 0 Å². The van der Waals surface area contributed by atoms with E-state index in [1.165, 1.54) is 5.56 Å². The van der Waals surface area contributed by atoms with Crippen molar-refractivity contribution in [3.8, 4) is 5.75 Å². The highest BCUT2D eigenvalue weighted by molar-refractivity contribution is 9.10. The maximum absolute atomic E-state index is 5.32. The first-order valence-corrected chi connectivity index (χ1v) is 6.25. The van der Waals surface area contributed by atoms with Gasteiger partial charge in [0.05, 0.1) is 7.11 Å². The zero-order valence-electron chi connectivity index (χ0n) is 9.85. The number of hydrogen-bond donors (Lipinski definition) is 2. The summed E-state index contributed by atoms with van der Waals surface area (Å²) in [4.78, 5) is 0. The molecule has 16 heavy (non-hydrogen) atoms. The predicted octanol–water partition coefficient (Wildman–Crippen LogP) is 2.16. The molecule has 1 rings (SSSR count). The van der Waals surface area contributed by atoms with Crippen LogP contribution in [0.3, 0.4) is 0 Å². The zero-order chi connectivity index (χ0) is 11.8. The monoisotopic (exact) mass is 286 g/mol. The normalized spacial score (nSPS) is 10.4. The summed E-state index contributed by atoms with van der Waals surface area (Å²) in [6.07, 6.45) is 1.13. The Morgan fingerprint density at radius 2 is 2.12 bits per heavy atom. The molecule has 0 radical (unpaired) electrons. The summed E-state index contributed by atoms with van der Waals surface area (Å²) in [7, 11) is 3.67. The molecule has 0 spiro atoms. The molecule has 0 heterocycles. The number of rotatable bonds is 7. The SMILES string of the molecule is CNCCCNCc1ccc(Br)cc1OC. The second kappa shape index (κ2) is 7.65. The Labute approximate surface area is 106 Å². The van der Waals surface area contributed by atoms with Crippen LogP contribution in [0.25, 0.3) is 0 Å². The van der Waals surface area contributed by atoms with Crippen LogP contribution in [0.5, 0.6) is 5.75 Å². The summed E-state index contributed by atoms with van der Waals surface area (Å²) < 4.78 is 6.37. The number of halogens is 1. The van der Waals surface area contributed by atoms with Gasteiger partial charge in [0, 0.05) is 16.6 Å². The highest BCUT2D eigenvalue weighted by Crippen LogP contribution is 2.23. The van der Waals surface area contributed by atoms with Crippen LogP contribution in [-0.4, -0.2) is 27.2 Å². The van der Waals surface area contributed by atoms with Gasteiger partial charge in [0.25, 0.3) is 0 Å². The number of benzene rings is 1. The van der Waals surface area contributed by atoms with E-state index in [1.807, 2.05) is 19.2 Å². The van der Waals surface area contributed by atoms with Crippen molar-refractivity contribution >= 4 is 15.9 Å². The van der Waals surface area contributed by atoms with E-state index < -0.39 is 0 Å². The summed E-state index contributed by atoms with van der Waals surface area (Å²) in [6.45, 7) is 2.91. The fourth-order valence-corrected chi connectivity index (χ4v) is 1.82. The lowest BCUT2D eigenvalue weighted by atomic mass is 10.2. The van der Waals surface area contributed by atoms with E-state index in [9.17, 15) is 0 Å². The molecule has 1 aromatic carbocycles. The minimum atomic E-state index is 0.847. The Hall–Kier alpha value is -0.580. The molecule has 0 atom stereocenters. The summed E-state index contributed by atoms with van der Waals surface area (Å²) >= 11 is 3.43. The number of methoxy groups -OCH3 is 1. The Bertz CT molecular complexity index is 318. The minimum Gasteiger partial charge on any atom is -0.496 e. The molecule has 4 heteroatoms. The summed E-state index contributed by atoms with van der Waals surface area (Å²) in [5.74, 6) is 0.926. The molecule has 0 saturated heterocycles. The average molecular weight is 287 g/mol. The van der Waals surface area contributed by atoms with Crippen LogP contribution in [0.1, 0.15) is 12.0 Å². The standard InChI is InChI=1S/C12H19BrN2O/c1-14-6-3-7-15-9-10-4-5-11(13)8-12(10)16-2/h4-5,8,14-15H,3,6-7,9H2,1-2H3. The highest BCUT2D eigenvalue weighted by Gasteiger charge is 2.02. The van der Waals surface area contributed by atoms with Crippen LogP contribution >= 0.6 is 15.9 Å². The minimum absolute atomic E-state index is 0.847. The second-order valence-corrected chi connectivity index (χ2v) is 4.51. The fourth-order valence-electron chi connectivity index (χ4n) is 1.48. The summed E-state index contributed by atoms with van der Waals surface area (Å²) in [5, 5.41) is 6.52. The van der Waals surface area contributed by atoms with Crippen molar-refractivity contribution in [3.05, 3.63) is 28.2 Å². The molecule has 90 valence electrons. The molecule has 0 amide bonds. The molecular formula is C12H19BrN2O. The lowest BCUT2D eigenvalue weighted by molar-refractivity contribution is 0.407. The summed E-state index contributed by atoms with van der Waals surface area (Å²) in [5.41, 5.74) is 1.19. The third-order valence-corrected chi connectivity index (χ3v) is 2.84. The van der Waals surface area contributed by atoms with Crippen LogP contribution in [0.2, 0.25) is 0 Å². The quantitative estimate of drug-likeness (QED) is 0.754. The smallest absolute Gasteiger partial charge is 0.124 e. The van der Waals surface area contributed by atoms with Crippen molar-refractivity contribution in [2.75, 3.05) is 27.2 Å². The van der Waals surface area contributed by atoms with Crippen LogP contribution in [0, 0.1) is 0 Å². The molecule has 0 aliphatic carbocycles. The van der Waals surface area contributed by atoms with E-state index in [4.69, 9.17) is 4.74 Å². The van der Waals surface area contributed by atoms with Gasteiger partial charge in [-0.05, 0) is 38.7 Å². The van der Waals surface area contributed by atoms with E-state index in [1.54, 1.807) is 7.11 Å². The zero-order valence-corrected chi connectivity index (χ0v) is 11.4. The molecular weight excluding hydrogens is 268 g/mol. The third kappa shape index (κ3) is 4.51. The van der Waals surface area contributed by atoms with Gasteiger partial charge >= 0.3 is 0 Å². The average Bonchev–Trinajstić information content (AvgIpc) is 2.30. The highest BCUT2D eigenvalue weighted by atomic mass is 79.9. The number of ether oxygens (including phenoxy) is 1. The molecule has 2 N–H and O–H groups in total. The van der Waals surface area contributed by atoms with Crippen LogP contribution in [-0.2, 0) is 6.54 Å². The van der Waals surface area contributed by atoms with E-state index in [0.717, 1.165) is 36.3 Å². The molecule has 0 unspecified atom stereocenters. The topological polar surface area (TPSA) is 33.3 Å². The lowest BCUT2D eigenvalue weighted by Crippen LogP contribution is -2.19. The number of nitrogens with one attached hydrogen (secondary N) is 2. The molecule has 1 aromatic rings. The van der Waals surface area contributed by atoms with Crippen molar-refractivity contribution in [1.82, 2.24) is 10.6 Å². The van der Waals surface area contributed by atoms with E-state index in [2.05, 4.69) is 32.6 Å². The van der Waals surface area contributed by atoms with Gasteiger partial charge in [-0.3, -0.25) is 0 Å². The molecule has 0 fully saturated rings. The molecule has 0 saturated carbocycles. The Balaban J connectivity index is 2.41. The van der Waals surface area contributed by atoms with E-state index >= 15 is 0 Å². The molecule has 3 nitrogen and oxygen atoms in total. The summed E-state index contributed by atoms with van der Waals surface area (Å²) in [6, 6.07) is 6.10. The van der Waals surface area contributed by atoms with Crippen LogP contribution in [0.4, 0.5) is 0 Å². The van der Waals surface area contributed by atoms with E-state index in [0.29, 0.717) is 0 Å². The number of hydrogen-bond acceptors (Lipinski definition) is 3. The second-order valence-electron chi connectivity index (χ2n) is 3.59. The van der Waals surface area contributed by atoms with Gasteiger partial charge in [0.15, 0.2) is 0 Å². The van der Waals surface area contributed by atoms with Crippen molar-refractivity contribution in [1.29, 1.82) is 0 Å². The van der Waals surface area contributed by atoms with Gasteiger partial charge in [-0.15, -0.1) is 0 Å². The molecule has 0 bridgehead atoms. The first-order valence-electron chi connectivity index (χ1n) is 5.45. The van der Waals surface area contributed by atoms with Gasteiger partial charge in [0.2, 0.25) is 0 Å². The third-order valence-electron chi connectivity index (χ3n) is 2.34. The van der Waals surface area contributed by atoms with Crippen LogP contribution in [0.15, 0.2) is 22.7 Å². The van der Waals surface area contributed by atoms with Crippen molar-refractivity contribution < 1.29 is 4.74 Å². The van der Waals surface area contributed by atoms with Gasteiger partial charge in [-0.1, -0.05) is 22.0 Å². The van der Waals surface area contributed by atoms with Crippen LogP contribution < -0.4 is 15.4 Å². The lowest BCUT2D eigenvalue weighted by Gasteiger charge is -2.10. The van der Waals surface area contributed by atoms with E-state index in [-0.39, 0.29) is 0 Å². The Kier molecular flexibility index (Phi) is 6.45. The fraction of sp³-hybridized carbons (Fsp3) is 0.500. The van der Waals surface area contributed by atoms with Crippen molar-refractivity contribution in [2.24, 2.45) is 0 Å². The molecule has 0 aliphatic rings. The van der Waals surface area contributed by atoms with Crippen molar-refractivity contribution in [2.45, 2.75) is 13.0 Å². The maximum Gasteiger partial charge on any atom is 0.124 e. The van der Waals surface area contributed by atoms with Crippen molar-refractivity contribution in [3.63, 3.8) is 0 Å². The predicted molar refractivity (Wildman–Crippen MR) is 70.9 cm³/mol. The first kappa shape index (κ1) is 13.5. The van der Waals surface area contributed by atoms with Gasteiger partial charge in [0.1, 0.15) is 5.75 Å². The molecule has 0 aromatic heterocycles.